The van der Waals surface area contributed by atoms with Crippen molar-refractivity contribution in [3.63, 3.8) is 0 Å². The molecular weight excluding hydrogens is 418 g/mol. The molecule has 1 heterocycles. The Morgan fingerprint density at radius 2 is 1.42 bits per heavy atom. The van der Waals surface area contributed by atoms with Gasteiger partial charge < -0.3 is 10.1 Å². The second-order valence-electron chi connectivity index (χ2n) is 7.50. The van der Waals surface area contributed by atoms with E-state index in [4.69, 9.17) is 4.74 Å². The quantitative estimate of drug-likeness (QED) is 0.460. The van der Waals surface area contributed by atoms with E-state index < -0.39 is 18.5 Å². The molecule has 33 heavy (non-hydrogen) atoms. The fraction of sp³-hybridized carbons (Fsp3) is 0.115. The van der Waals surface area contributed by atoms with Crippen LogP contribution in [0.2, 0.25) is 0 Å². The van der Waals surface area contributed by atoms with Gasteiger partial charge in [0.25, 0.3) is 11.5 Å². The van der Waals surface area contributed by atoms with Crippen LogP contribution in [0.4, 0.5) is 5.69 Å². The Balaban J connectivity index is 1.41. The van der Waals surface area contributed by atoms with Crippen LogP contribution in [0.1, 0.15) is 16.1 Å². The first kappa shape index (κ1) is 21.8. The van der Waals surface area contributed by atoms with Crippen molar-refractivity contribution in [1.29, 1.82) is 0 Å². The molecule has 1 aromatic heterocycles. The lowest BCUT2D eigenvalue weighted by molar-refractivity contribution is -0.119. The van der Waals surface area contributed by atoms with E-state index in [1.165, 1.54) is 4.68 Å². The van der Waals surface area contributed by atoms with E-state index >= 15 is 0 Å². The number of amides is 1. The molecule has 0 unspecified atom stereocenters. The third kappa shape index (κ3) is 4.62. The van der Waals surface area contributed by atoms with Gasteiger partial charge in [-0.15, -0.1) is 0 Å². The number of nitrogens with zero attached hydrogens (tertiary/aromatic N) is 2. The first-order valence-corrected chi connectivity index (χ1v) is 10.4. The average Bonchev–Trinajstić information content (AvgIpc) is 3.06. The first-order valence-electron chi connectivity index (χ1n) is 10.4. The third-order valence-electron chi connectivity index (χ3n) is 5.38. The van der Waals surface area contributed by atoms with E-state index in [0.29, 0.717) is 16.9 Å². The van der Waals surface area contributed by atoms with Gasteiger partial charge in [0.1, 0.15) is 5.69 Å². The molecule has 0 radical (unpaired) electrons. The van der Waals surface area contributed by atoms with Crippen LogP contribution in [0.5, 0.6) is 0 Å². The predicted octanol–water partition coefficient (Wildman–Crippen LogP) is 3.95. The number of hydrogen-bond acceptors (Lipinski definition) is 4. The lowest BCUT2D eigenvalue weighted by Gasteiger charge is -2.07. The lowest BCUT2D eigenvalue weighted by Crippen LogP contribution is -2.25. The van der Waals surface area contributed by atoms with Crippen LogP contribution in [-0.2, 0) is 16.6 Å². The van der Waals surface area contributed by atoms with Gasteiger partial charge in [0.2, 0.25) is 0 Å². The van der Waals surface area contributed by atoms with Crippen LogP contribution in [0.15, 0.2) is 89.7 Å². The number of para-hydroxylation sites is 1. The van der Waals surface area contributed by atoms with Crippen LogP contribution < -0.4 is 10.9 Å². The lowest BCUT2D eigenvalue weighted by atomic mass is 10.0. The molecule has 0 saturated heterocycles. The summed E-state index contributed by atoms with van der Waals surface area (Å²) in [6.45, 7) is 1.23. The van der Waals surface area contributed by atoms with Crippen molar-refractivity contribution in [1.82, 2.24) is 9.36 Å². The van der Waals surface area contributed by atoms with Gasteiger partial charge in [-0.1, -0.05) is 60.7 Å². The number of ether oxygens (including phenoxy) is 1. The van der Waals surface area contributed by atoms with Gasteiger partial charge in [-0.3, -0.25) is 14.3 Å². The average molecular weight is 441 g/mol. The summed E-state index contributed by atoms with van der Waals surface area (Å²) in [6, 6.07) is 25.9. The number of rotatable bonds is 6. The minimum Gasteiger partial charge on any atom is -0.452 e. The van der Waals surface area contributed by atoms with E-state index in [1.807, 2.05) is 60.7 Å². The fourth-order valence-corrected chi connectivity index (χ4v) is 3.53. The van der Waals surface area contributed by atoms with Gasteiger partial charge in [0, 0.05) is 7.05 Å². The number of anilines is 1. The molecule has 0 fully saturated rings. The molecule has 0 aliphatic heterocycles. The van der Waals surface area contributed by atoms with E-state index in [1.54, 1.807) is 42.9 Å². The molecule has 4 aromatic rings. The fourth-order valence-electron chi connectivity index (χ4n) is 3.53. The highest BCUT2D eigenvalue weighted by Crippen LogP contribution is 2.19. The van der Waals surface area contributed by atoms with Crippen molar-refractivity contribution in [2.24, 2.45) is 7.05 Å². The topological polar surface area (TPSA) is 82.3 Å². The zero-order valence-corrected chi connectivity index (χ0v) is 18.3. The molecule has 0 bridgehead atoms. The summed E-state index contributed by atoms with van der Waals surface area (Å²) in [5, 5.41) is 2.58. The summed E-state index contributed by atoms with van der Waals surface area (Å²) in [4.78, 5) is 37.6. The van der Waals surface area contributed by atoms with Crippen molar-refractivity contribution in [3.05, 3.63) is 107 Å². The number of benzene rings is 3. The monoisotopic (exact) mass is 441 g/mol. The van der Waals surface area contributed by atoms with Crippen molar-refractivity contribution >= 4 is 17.6 Å². The maximum atomic E-state index is 12.9. The zero-order valence-electron chi connectivity index (χ0n) is 18.3. The molecule has 0 atom stereocenters. The Morgan fingerprint density at radius 1 is 0.848 bits per heavy atom. The molecule has 1 amide bonds. The summed E-state index contributed by atoms with van der Waals surface area (Å²) in [5.74, 6) is -1.20. The standard InChI is InChI=1S/C26H23N3O4/c1-18-24(25(31)29(28(18)2)22-11-7-4-8-12-22)27-23(30)17-33-26(32)21-15-13-20(14-16-21)19-9-5-3-6-10-19/h3-16H,17H2,1-2H3,(H,27,30). The number of hydrogen-bond donors (Lipinski definition) is 1. The summed E-state index contributed by atoms with van der Waals surface area (Å²) >= 11 is 0. The minimum absolute atomic E-state index is 0.148. The van der Waals surface area contributed by atoms with E-state index in [2.05, 4.69) is 5.32 Å². The SMILES string of the molecule is Cc1c(NC(=O)COC(=O)c2ccc(-c3ccccc3)cc2)c(=O)n(-c2ccccc2)n1C. The molecule has 0 aliphatic rings. The largest absolute Gasteiger partial charge is 0.452 e. The maximum absolute atomic E-state index is 12.9. The molecule has 3 aromatic carbocycles. The Labute approximate surface area is 190 Å². The number of aromatic nitrogens is 2. The van der Waals surface area contributed by atoms with Crippen LogP contribution in [0.25, 0.3) is 16.8 Å². The van der Waals surface area contributed by atoms with Crippen molar-refractivity contribution in [2.45, 2.75) is 6.92 Å². The van der Waals surface area contributed by atoms with Gasteiger partial charge in [0.15, 0.2) is 6.61 Å². The molecule has 0 saturated carbocycles. The zero-order chi connectivity index (χ0) is 23.4. The van der Waals surface area contributed by atoms with Crippen LogP contribution in [0.3, 0.4) is 0 Å². The summed E-state index contributed by atoms with van der Waals surface area (Å²) in [6.07, 6.45) is 0. The second-order valence-corrected chi connectivity index (χ2v) is 7.50. The van der Waals surface area contributed by atoms with Crippen molar-refractivity contribution in [2.75, 3.05) is 11.9 Å². The number of carbonyl (C=O) groups is 2. The number of esters is 1. The van der Waals surface area contributed by atoms with Crippen LogP contribution >= 0.6 is 0 Å². The molecule has 7 heteroatoms. The van der Waals surface area contributed by atoms with Crippen LogP contribution in [-0.4, -0.2) is 27.8 Å². The smallest absolute Gasteiger partial charge is 0.338 e. The third-order valence-corrected chi connectivity index (χ3v) is 5.38. The Kier molecular flexibility index (Phi) is 6.22. The predicted molar refractivity (Wildman–Crippen MR) is 127 cm³/mol. The molecule has 0 spiro atoms. The van der Waals surface area contributed by atoms with Gasteiger partial charge >= 0.3 is 5.97 Å². The van der Waals surface area contributed by atoms with E-state index in [9.17, 15) is 14.4 Å². The normalized spacial score (nSPS) is 10.6. The molecule has 0 aliphatic carbocycles. The number of nitrogens with one attached hydrogen (secondary N) is 1. The highest BCUT2D eigenvalue weighted by atomic mass is 16.5. The molecule has 1 N–H and O–H groups in total. The Hall–Kier alpha value is -4.39. The van der Waals surface area contributed by atoms with Gasteiger partial charge in [-0.25, -0.2) is 9.48 Å². The minimum atomic E-state index is -0.615. The van der Waals surface area contributed by atoms with E-state index in [-0.39, 0.29) is 11.2 Å². The summed E-state index contributed by atoms with van der Waals surface area (Å²) in [7, 11) is 1.73. The molecule has 4 rings (SSSR count). The maximum Gasteiger partial charge on any atom is 0.338 e. The van der Waals surface area contributed by atoms with Crippen molar-refractivity contribution in [3.8, 4) is 16.8 Å². The molecular formula is C26H23N3O4. The number of carbonyl (C=O) groups excluding carboxylic acids is 2. The second kappa shape index (κ2) is 9.40. The molecule has 7 nitrogen and oxygen atoms in total. The first-order chi connectivity index (χ1) is 16.0. The van der Waals surface area contributed by atoms with Gasteiger partial charge in [-0.2, -0.15) is 0 Å². The van der Waals surface area contributed by atoms with Crippen molar-refractivity contribution < 1.29 is 14.3 Å². The highest BCUT2D eigenvalue weighted by Gasteiger charge is 2.19. The molecule has 166 valence electrons. The highest BCUT2D eigenvalue weighted by molar-refractivity contribution is 5.96. The van der Waals surface area contributed by atoms with Crippen LogP contribution in [0, 0.1) is 6.92 Å². The summed E-state index contributed by atoms with van der Waals surface area (Å²) < 4.78 is 8.27. The van der Waals surface area contributed by atoms with Gasteiger partial charge in [0.05, 0.1) is 16.9 Å². The Bertz CT molecular complexity index is 1340. The van der Waals surface area contributed by atoms with Gasteiger partial charge in [-0.05, 0) is 42.3 Å². The Morgan fingerprint density at radius 3 is 2.06 bits per heavy atom. The van der Waals surface area contributed by atoms with E-state index in [0.717, 1.165) is 11.1 Å². The summed E-state index contributed by atoms with van der Waals surface area (Å²) in [5.41, 5.74) is 3.39.